The minimum atomic E-state index is -3.88. The van der Waals surface area contributed by atoms with Gasteiger partial charge in [0.15, 0.2) is 0 Å². The van der Waals surface area contributed by atoms with Crippen LogP contribution in [-0.2, 0) is 30.8 Å². The van der Waals surface area contributed by atoms with Gasteiger partial charge in [0.1, 0.15) is 6.04 Å². The van der Waals surface area contributed by atoms with E-state index >= 15 is 0 Å². The molecule has 0 fully saturated rings. The Balaban J connectivity index is 2.29. The molecular weight excluding hydrogens is 332 g/mol. The molecule has 0 aromatic heterocycles. The second kappa shape index (κ2) is 7.31. The van der Waals surface area contributed by atoms with Crippen LogP contribution in [-0.4, -0.2) is 33.4 Å². The third kappa shape index (κ3) is 3.93. The molecule has 0 radical (unpaired) electrons. The number of amides is 1. The number of fused-ring (bicyclic) bond motifs is 1. The second-order valence-electron chi connectivity index (χ2n) is 5.87. The zero-order valence-electron chi connectivity index (χ0n) is 14.0. The summed E-state index contributed by atoms with van der Waals surface area (Å²) in [6, 6.07) is 3.57. The van der Waals surface area contributed by atoms with E-state index in [1.54, 1.807) is 13.0 Å². The summed E-state index contributed by atoms with van der Waals surface area (Å²) < 4.78 is 32.4. The van der Waals surface area contributed by atoms with Gasteiger partial charge in [-0.3, -0.25) is 9.59 Å². The zero-order valence-corrected chi connectivity index (χ0v) is 14.8. The van der Waals surface area contributed by atoms with E-state index in [0.717, 1.165) is 5.56 Å². The van der Waals surface area contributed by atoms with Gasteiger partial charge in [-0.05, 0) is 36.1 Å². The molecule has 0 saturated carbocycles. The fourth-order valence-electron chi connectivity index (χ4n) is 2.52. The van der Waals surface area contributed by atoms with Gasteiger partial charge in [0, 0.05) is 12.1 Å². The van der Waals surface area contributed by atoms with Crippen LogP contribution in [0.5, 0.6) is 0 Å². The SMILES string of the molecule is CCC(C)C(NS(=O)(=O)c1ccc2c(c1)CCC(=O)N2)C(=O)OC. The Labute approximate surface area is 141 Å². The maximum Gasteiger partial charge on any atom is 0.324 e. The molecule has 1 aliphatic rings. The van der Waals surface area contributed by atoms with Crippen LogP contribution in [0, 0.1) is 5.92 Å². The first kappa shape index (κ1) is 18.4. The summed E-state index contributed by atoms with van der Waals surface area (Å²) in [4.78, 5) is 23.3. The van der Waals surface area contributed by atoms with Gasteiger partial charge >= 0.3 is 5.97 Å². The number of carbonyl (C=O) groups excluding carboxylic acids is 2. The fourth-order valence-corrected chi connectivity index (χ4v) is 3.86. The summed E-state index contributed by atoms with van der Waals surface area (Å²) in [6.07, 6.45) is 1.43. The average Bonchev–Trinajstić information content (AvgIpc) is 2.57. The molecule has 0 bridgehead atoms. The Hall–Kier alpha value is -1.93. The molecule has 8 heteroatoms. The van der Waals surface area contributed by atoms with Crippen molar-refractivity contribution < 1.29 is 22.7 Å². The number of anilines is 1. The quantitative estimate of drug-likeness (QED) is 0.753. The smallest absolute Gasteiger partial charge is 0.324 e. The number of carbonyl (C=O) groups is 2. The standard InChI is InChI=1S/C16H22N2O5S/c1-4-10(2)15(16(20)23-3)18-24(21,22)12-6-7-13-11(9-12)5-8-14(19)17-13/h6-7,9-10,15,18H,4-5,8H2,1-3H3,(H,17,19). The van der Waals surface area contributed by atoms with E-state index in [1.165, 1.54) is 19.2 Å². The lowest BCUT2D eigenvalue weighted by Gasteiger charge is -2.22. The molecule has 1 aromatic carbocycles. The summed E-state index contributed by atoms with van der Waals surface area (Å²) in [6.45, 7) is 3.66. The molecule has 1 heterocycles. The molecule has 0 saturated heterocycles. The average molecular weight is 354 g/mol. The van der Waals surface area contributed by atoms with Gasteiger partial charge in [0.2, 0.25) is 15.9 Å². The zero-order chi connectivity index (χ0) is 17.9. The molecule has 0 spiro atoms. The van der Waals surface area contributed by atoms with Crippen molar-refractivity contribution in [2.75, 3.05) is 12.4 Å². The number of ether oxygens (including phenoxy) is 1. The highest BCUT2D eigenvalue weighted by Gasteiger charge is 2.31. The van der Waals surface area contributed by atoms with E-state index in [9.17, 15) is 18.0 Å². The Morgan fingerprint density at radius 1 is 1.38 bits per heavy atom. The predicted molar refractivity (Wildman–Crippen MR) is 89.0 cm³/mol. The molecule has 2 atom stereocenters. The maximum absolute atomic E-state index is 12.6. The van der Waals surface area contributed by atoms with Crippen molar-refractivity contribution in [2.45, 2.75) is 44.0 Å². The van der Waals surface area contributed by atoms with Crippen molar-refractivity contribution >= 4 is 27.6 Å². The highest BCUT2D eigenvalue weighted by molar-refractivity contribution is 7.89. The van der Waals surface area contributed by atoms with Crippen LogP contribution in [0.25, 0.3) is 0 Å². The number of benzene rings is 1. The first-order chi connectivity index (χ1) is 11.3. The molecule has 132 valence electrons. The molecule has 2 rings (SSSR count). The Morgan fingerprint density at radius 3 is 2.71 bits per heavy atom. The number of nitrogens with one attached hydrogen (secondary N) is 2. The van der Waals surface area contributed by atoms with Crippen LogP contribution in [0.1, 0.15) is 32.3 Å². The summed E-state index contributed by atoms with van der Waals surface area (Å²) in [7, 11) is -2.65. The highest BCUT2D eigenvalue weighted by atomic mass is 32.2. The lowest BCUT2D eigenvalue weighted by molar-refractivity contribution is -0.143. The van der Waals surface area contributed by atoms with Gasteiger partial charge in [0.25, 0.3) is 0 Å². The minimum absolute atomic E-state index is 0.0644. The van der Waals surface area contributed by atoms with Crippen LogP contribution in [0.2, 0.25) is 0 Å². The Bertz CT molecular complexity index is 745. The highest BCUT2D eigenvalue weighted by Crippen LogP contribution is 2.26. The van der Waals surface area contributed by atoms with Gasteiger partial charge in [-0.25, -0.2) is 8.42 Å². The van der Waals surface area contributed by atoms with Crippen LogP contribution in [0.3, 0.4) is 0 Å². The first-order valence-electron chi connectivity index (χ1n) is 7.81. The van der Waals surface area contributed by atoms with Crippen molar-refractivity contribution in [2.24, 2.45) is 5.92 Å². The van der Waals surface area contributed by atoms with Gasteiger partial charge in [0.05, 0.1) is 12.0 Å². The molecule has 2 N–H and O–H groups in total. The summed E-state index contributed by atoms with van der Waals surface area (Å²) in [5, 5.41) is 2.71. The Morgan fingerprint density at radius 2 is 2.08 bits per heavy atom. The lowest BCUT2D eigenvalue weighted by atomic mass is 10.0. The number of aryl methyl sites for hydroxylation is 1. The van der Waals surface area contributed by atoms with Crippen LogP contribution >= 0.6 is 0 Å². The van der Waals surface area contributed by atoms with Crippen LogP contribution in [0.15, 0.2) is 23.1 Å². The van der Waals surface area contributed by atoms with Crippen molar-refractivity contribution in [3.63, 3.8) is 0 Å². The molecule has 7 nitrogen and oxygen atoms in total. The first-order valence-corrected chi connectivity index (χ1v) is 9.29. The maximum atomic E-state index is 12.6. The topological polar surface area (TPSA) is 102 Å². The second-order valence-corrected chi connectivity index (χ2v) is 7.59. The number of esters is 1. The van der Waals surface area contributed by atoms with E-state index in [1.807, 2.05) is 6.92 Å². The van der Waals surface area contributed by atoms with Crippen molar-refractivity contribution in [1.82, 2.24) is 4.72 Å². The molecule has 2 unspecified atom stereocenters. The number of hydrogen-bond donors (Lipinski definition) is 2. The normalized spacial score (nSPS) is 16.7. The summed E-state index contributed by atoms with van der Waals surface area (Å²) in [5.74, 6) is -0.902. The van der Waals surface area contributed by atoms with Gasteiger partial charge < -0.3 is 10.1 Å². The monoisotopic (exact) mass is 354 g/mol. The number of hydrogen-bond acceptors (Lipinski definition) is 5. The van der Waals surface area contributed by atoms with Gasteiger partial charge in [-0.1, -0.05) is 20.3 Å². The van der Waals surface area contributed by atoms with Crippen LogP contribution < -0.4 is 10.0 Å². The minimum Gasteiger partial charge on any atom is -0.468 e. The molecular formula is C16H22N2O5S. The predicted octanol–water partition coefficient (Wildman–Crippen LogP) is 1.44. The molecule has 1 aliphatic heterocycles. The Kier molecular flexibility index (Phi) is 5.61. The lowest BCUT2D eigenvalue weighted by Crippen LogP contribution is -2.45. The summed E-state index contributed by atoms with van der Waals surface area (Å²) in [5.41, 5.74) is 1.38. The van der Waals surface area contributed by atoms with E-state index in [0.29, 0.717) is 24.9 Å². The number of methoxy groups -OCH3 is 1. The summed E-state index contributed by atoms with van der Waals surface area (Å²) >= 11 is 0. The van der Waals surface area contributed by atoms with E-state index in [4.69, 9.17) is 4.74 Å². The van der Waals surface area contributed by atoms with Gasteiger partial charge in [-0.15, -0.1) is 0 Å². The van der Waals surface area contributed by atoms with Crippen molar-refractivity contribution in [3.05, 3.63) is 23.8 Å². The largest absolute Gasteiger partial charge is 0.468 e. The van der Waals surface area contributed by atoms with Gasteiger partial charge in [-0.2, -0.15) is 4.72 Å². The molecule has 1 amide bonds. The fraction of sp³-hybridized carbons (Fsp3) is 0.500. The van der Waals surface area contributed by atoms with E-state index in [2.05, 4.69) is 10.0 Å². The molecule has 1 aromatic rings. The van der Waals surface area contributed by atoms with E-state index in [-0.39, 0.29) is 16.7 Å². The number of sulfonamides is 1. The van der Waals surface area contributed by atoms with E-state index < -0.39 is 22.0 Å². The van der Waals surface area contributed by atoms with Crippen molar-refractivity contribution in [1.29, 1.82) is 0 Å². The van der Waals surface area contributed by atoms with Crippen LogP contribution in [0.4, 0.5) is 5.69 Å². The third-order valence-electron chi connectivity index (χ3n) is 4.23. The third-order valence-corrected chi connectivity index (χ3v) is 5.67. The molecule has 0 aliphatic carbocycles. The van der Waals surface area contributed by atoms with Crippen molar-refractivity contribution in [3.8, 4) is 0 Å². The molecule has 24 heavy (non-hydrogen) atoms. The number of rotatable bonds is 6.